The van der Waals surface area contributed by atoms with Crippen molar-refractivity contribution in [3.8, 4) is 5.75 Å². The summed E-state index contributed by atoms with van der Waals surface area (Å²) in [7, 11) is -2.52. The van der Waals surface area contributed by atoms with Gasteiger partial charge in [0.15, 0.2) is 0 Å². The molecule has 0 saturated carbocycles. The van der Waals surface area contributed by atoms with Crippen molar-refractivity contribution in [2.75, 3.05) is 30.8 Å². The van der Waals surface area contributed by atoms with Gasteiger partial charge in [-0.25, -0.2) is 8.42 Å². The van der Waals surface area contributed by atoms with Crippen LogP contribution in [0, 0.1) is 0 Å². The molecule has 0 radical (unpaired) electrons. The van der Waals surface area contributed by atoms with Crippen LogP contribution in [0.25, 0.3) is 0 Å². The van der Waals surface area contributed by atoms with Crippen LogP contribution < -0.4 is 14.4 Å². The van der Waals surface area contributed by atoms with E-state index in [0.29, 0.717) is 18.0 Å². The van der Waals surface area contributed by atoms with Crippen LogP contribution in [0.4, 0.5) is 5.69 Å². The standard InChI is InChI=1S/C23H29Cl2N3O5S/c1-5-19(23(30)26-6-2)27(14-16-7-9-17(24)10-8-16)22(29)15-28(34(4,31)32)20-13-18(25)11-12-21(20)33-3/h7-13,19H,5-6,14-15H2,1-4H3,(H,26,30). The van der Waals surface area contributed by atoms with Gasteiger partial charge in [0.25, 0.3) is 0 Å². The average Bonchev–Trinajstić information content (AvgIpc) is 2.78. The molecule has 0 spiro atoms. The zero-order chi connectivity index (χ0) is 25.5. The number of rotatable bonds is 11. The van der Waals surface area contributed by atoms with Crippen molar-refractivity contribution >= 4 is 50.7 Å². The molecule has 1 N–H and O–H groups in total. The molecule has 1 atom stereocenters. The molecule has 11 heteroatoms. The fraction of sp³-hybridized carbons (Fsp3) is 0.391. The molecule has 8 nitrogen and oxygen atoms in total. The van der Waals surface area contributed by atoms with Crippen molar-refractivity contribution in [3.05, 3.63) is 58.1 Å². The number of nitrogens with zero attached hydrogens (tertiary/aromatic N) is 2. The summed E-state index contributed by atoms with van der Waals surface area (Å²) in [6, 6.07) is 10.6. The van der Waals surface area contributed by atoms with Gasteiger partial charge in [-0.15, -0.1) is 0 Å². The van der Waals surface area contributed by atoms with Crippen molar-refractivity contribution in [1.82, 2.24) is 10.2 Å². The van der Waals surface area contributed by atoms with Gasteiger partial charge in [0.2, 0.25) is 21.8 Å². The molecule has 2 amide bonds. The minimum Gasteiger partial charge on any atom is -0.495 e. The molecular formula is C23H29Cl2N3O5S. The van der Waals surface area contributed by atoms with Crippen molar-refractivity contribution < 1.29 is 22.7 Å². The summed E-state index contributed by atoms with van der Waals surface area (Å²) in [4.78, 5) is 27.7. The Kier molecular flexibility index (Phi) is 10.0. The Morgan fingerprint density at radius 2 is 1.68 bits per heavy atom. The van der Waals surface area contributed by atoms with Crippen LogP contribution in [-0.4, -0.2) is 57.6 Å². The van der Waals surface area contributed by atoms with Gasteiger partial charge in [-0.1, -0.05) is 42.3 Å². The lowest BCUT2D eigenvalue weighted by Crippen LogP contribution is -2.52. The van der Waals surface area contributed by atoms with E-state index >= 15 is 0 Å². The number of ether oxygens (including phenoxy) is 1. The maximum atomic E-state index is 13.6. The van der Waals surface area contributed by atoms with E-state index in [1.54, 1.807) is 44.2 Å². The van der Waals surface area contributed by atoms with Gasteiger partial charge in [-0.2, -0.15) is 0 Å². The van der Waals surface area contributed by atoms with Crippen LogP contribution in [0.1, 0.15) is 25.8 Å². The van der Waals surface area contributed by atoms with Gasteiger partial charge in [0.05, 0.1) is 19.1 Å². The molecular weight excluding hydrogens is 501 g/mol. The van der Waals surface area contributed by atoms with Crippen LogP contribution in [0.5, 0.6) is 5.75 Å². The van der Waals surface area contributed by atoms with Gasteiger partial charge >= 0.3 is 0 Å². The largest absolute Gasteiger partial charge is 0.495 e. The summed E-state index contributed by atoms with van der Waals surface area (Å²) in [5, 5.41) is 3.56. The SMILES string of the molecule is CCNC(=O)C(CC)N(Cc1ccc(Cl)cc1)C(=O)CN(c1cc(Cl)ccc1OC)S(C)(=O)=O. The topological polar surface area (TPSA) is 96.0 Å². The lowest BCUT2D eigenvalue weighted by Gasteiger charge is -2.33. The molecule has 0 aromatic heterocycles. The average molecular weight is 530 g/mol. The first-order valence-corrected chi connectivity index (χ1v) is 13.2. The van der Waals surface area contributed by atoms with E-state index in [2.05, 4.69) is 5.32 Å². The number of nitrogens with one attached hydrogen (secondary N) is 1. The highest BCUT2D eigenvalue weighted by atomic mass is 35.5. The lowest BCUT2D eigenvalue weighted by atomic mass is 10.1. The molecule has 0 fully saturated rings. The van der Waals surface area contributed by atoms with Gasteiger partial charge in [0.1, 0.15) is 18.3 Å². The highest BCUT2D eigenvalue weighted by molar-refractivity contribution is 7.92. The summed E-state index contributed by atoms with van der Waals surface area (Å²) < 4.78 is 31.6. The number of halogens is 2. The van der Waals surface area contributed by atoms with E-state index in [9.17, 15) is 18.0 Å². The van der Waals surface area contributed by atoms with Gasteiger partial charge < -0.3 is 15.0 Å². The highest BCUT2D eigenvalue weighted by Crippen LogP contribution is 2.33. The molecule has 34 heavy (non-hydrogen) atoms. The third-order valence-corrected chi connectivity index (χ3v) is 6.71. The number of likely N-dealkylation sites (N-methyl/N-ethyl adjacent to an activating group) is 1. The van der Waals surface area contributed by atoms with Crippen LogP contribution >= 0.6 is 23.2 Å². The Morgan fingerprint density at radius 1 is 1.06 bits per heavy atom. The summed E-state index contributed by atoms with van der Waals surface area (Å²) in [6.07, 6.45) is 1.33. The Hall–Kier alpha value is -2.49. The molecule has 2 rings (SSSR count). The predicted octanol–water partition coefficient (Wildman–Crippen LogP) is 3.71. The molecule has 1 unspecified atom stereocenters. The third-order valence-electron chi connectivity index (χ3n) is 5.09. The zero-order valence-corrected chi connectivity index (χ0v) is 21.9. The Bertz CT molecular complexity index is 1110. The van der Waals surface area contributed by atoms with E-state index in [4.69, 9.17) is 27.9 Å². The van der Waals surface area contributed by atoms with Gasteiger partial charge in [0, 0.05) is 23.1 Å². The second-order valence-corrected chi connectivity index (χ2v) is 10.3. The predicted molar refractivity (Wildman–Crippen MR) is 135 cm³/mol. The summed E-state index contributed by atoms with van der Waals surface area (Å²) >= 11 is 12.1. The Morgan fingerprint density at radius 3 is 2.21 bits per heavy atom. The molecule has 0 bridgehead atoms. The van der Waals surface area contributed by atoms with Crippen molar-refractivity contribution in [2.45, 2.75) is 32.9 Å². The first-order valence-electron chi connectivity index (χ1n) is 10.6. The number of hydrogen-bond acceptors (Lipinski definition) is 5. The van der Waals surface area contributed by atoms with Crippen molar-refractivity contribution in [1.29, 1.82) is 0 Å². The molecule has 2 aromatic carbocycles. The minimum atomic E-state index is -3.91. The maximum absolute atomic E-state index is 13.6. The van der Waals surface area contributed by atoms with E-state index in [1.807, 2.05) is 0 Å². The normalized spacial score (nSPS) is 12.1. The molecule has 0 aliphatic carbocycles. The summed E-state index contributed by atoms with van der Waals surface area (Å²) in [5.74, 6) is -0.637. The Balaban J connectivity index is 2.49. The second kappa shape index (κ2) is 12.3. The second-order valence-electron chi connectivity index (χ2n) is 7.55. The molecule has 0 heterocycles. The summed E-state index contributed by atoms with van der Waals surface area (Å²) in [6.45, 7) is 3.52. The number of anilines is 1. The lowest BCUT2D eigenvalue weighted by molar-refractivity contribution is -0.140. The number of benzene rings is 2. The molecule has 0 aliphatic rings. The van der Waals surface area contributed by atoms with Crippen LogP contribution in [-0.2, 0) is 26.2 Å². The molecule has 0 aliphatic heterocycles. The third kappa shape index (κ3) is 7.25. The first kappa shape index (κ1) is 27.8. The number of sulfonamides is 1. The minimum absolute atomic E-state index is 0.0932. The zero-order valence-electron chi connectivity index (χ0n) is 19.5. The first-order chi connectivity index (χ1) is 16.0. The maximum Gasteiger partial charge on any atom is 0.244 e. The fourth-order valence-corrected chi connectivity index (χ4v) is 4.59. The van der Waals surface area contributed by atoms with Gasteiger partial charge in [-0.3, -0.25) is 13.9 Å². The monoisotopic (exact) mass is 529 g/mol. The number of hydrogen-bond donors (Lipinski definition) is 1. The quantitative estimate of drug-likeness (QED) is 0.478. The fourth-order valence-electron chi connectivity index (χ4n) is 3.45. The highest BCUT2D eigenvalue weighted by Gasteiger charge is 2.32. The van der Waals surface area contributed by atoms with Gasteiger partial charge in [-0.05, 0) is 49.2 Å². The summed E-state index contributed by atoms with van der Waals surface area (Å²) in [5.41, 5.74) is 0.870. The van der Waals surface area contributed by atoms with E-state index in [-0.39, 0.29) is 28.9 Å². The van der Waals surface area contributed by atoms with Crippen LogP contribution in [0.2, 0.25) is 10.0 Å². The number of carbonyl (C=O) groups excluding carboxylic acids is 2. The number of amides is 2. The molecule has 186 valence electrons. The van der Waals surface area contributed by atoms with Crippen LogP contribution in [0.3, 0.4) is 0 Å². The molecule has 0 saturated heterocycles. The van der Waals surface area contributed by atoms with Crippen molar-refractivity contribution in [2.24, 2.45) is 0 Å². The van der Waals surface area contributed by atoms with E-state index in [0.717, 1.165) is 16.1 Å². The number of methoxy groups -OCH3 is 1. The van der Waals surface area contributed by atoms with Crippen LogP contribution in [0.15, 0.2) is 42.5 Å². The van der Waals surface area contributed by atoms with E-state index < -0.39 is 28.5 Å². The van der Waals surface area contributed by atoms with E-state index in [1.165, 1.54) is 24.1 Å². The van der Waals surface area contributed by atoms with Crippen molar-refractivity contribution in [3.63, 3.8) is 0 Å². The molecule has 2 aromatic rings. The number of carbonyl (C=O) groups is 2. The Labute approximate surface area is 210 Å². The smallest absolute Gasteiger partial charge is 0.244 e.